The number of amides is 2. The topological polar surface area (TPSA) is 86.7 Å². The minimum atomic E-state index is -0.860. The van der Waals surface area contributed by atoms with Crippen molar-refractivity contribution in [3.63, 3.8) is 0 Å². The van der Waals surface area contributed by atoms with Crippen molar-refractivity contribution in [2.75, 3.05) is 19.6 Å². The summed E-state index contributed by atoms with van der Waals surface area (Å²) in [6.07, 6.45) is 2.85. The number of likely N-dealkylation sites (tertiary alicyclic amines) is 1. The Bertz CT molecular complexity index is 642. The van der Waals surface area contributed by atoms with Crippen molar-refractivity contribution < 1.29 is 19.5 Å². The molecule has 2 atom stereocenters. The van der Waals surface area contributed by atoms with Crippen LogP contribution in [-0.2, 0) is 14.4 Å². The van der Waals surface area contributed by atoms with Gasteiger partial charge in [0, 0.05) is 37.9 Å². The van der Waals surface area contributed by atoms with Gasteiger partial charge in [0.15, 0.2) is 0 Å². The van der Waals surface area contributed by atoms with Gasteiger partial charge in [-0.25, -0.2) is 0 Å². The molecule has 0 unspecified atom stereocenters. The number of carbonyl (C=O) groups is 3. The number of hydrogen-bond acceptors (Lipinski definition) is 3. The second kappa shape index (κ2) is 7.68. The van der Waals surface area contributed by atoms with Gasteiger partial charge in [-0.05, 0) is 24.8 Å². The van der Waals surface area contributed by atoms with Gasteiger partial charge in [-0.3, -0.25) is 14.4 Å². The molecule has 0 spiro atoms. The second-order valence-electron chi connectivity index (χ2n) is 6.93. The van der Waals surface area contributed by atoms with Crippen LogP contribution in [0.25, 0.3) is 0 Å². The molecule has 1 saturated heterocycles. The largest absolute Gasteiger partial charge is 0.481 e. The third kappa shape index (κ3) is 4.38. The molecule has 6 nitrogen and oxygen atoms in total. The highest BCUT2D eigenvalue weighted by Gasteiger charge is 2.40. The smallest absolute Gasteiger partial charge is 0.308 e. The van der Waals surface area contributed by atoms with Gasteiger partial charge >= 0.3 is 5.97 Å². The number of aliphatic carboxylic acids is 1. The van der Waals surface area contributed by atoms with Gasteiger partial charge < -0.3 is 15.3 Å². The average Bonchev–Trinajstić information content (AvgIpc) is 3.37. The minimum Gasteiger partial charge on any atom is -0.481 e. The maximum atomic E-state index is 12.4. The molecule has 2 amide bonds. The van der Waals surface area contributed by atoms with E-state index in [0.29, 0.717) is 25.9 Å². The Kier molecular flexibility index (Phi) is 5.36. The van der Waals surface area contributed by atoms with Gasteiger partial charge in [-0.1, -0.05) is 30.3 Å². The van der Waals surface area contributed by atoms with Crippen molar-refractivity contribution in [2.45, 2.75) is 31.6 Å². The zero-order chi connectivity index (χ0) is 17.8. The van der Waals surface area contributed by atoms with E-state index < -0.39 is 11.9 Å². The van der Waals surface area contributed by atoms with Gasteiger partial charge in [0.2, 0.25) is 11.8 Å². The van der Waals surface area contributed by atoms with E-state index in [-0.39, 0.29) is 30.2 Å². The SMILES string of the molecule is O=C(NCCCC(=O)N1C[C@H](c2ccccc2)[C@H](C(=O)O)C1)C1CC1. The number of hydrogen-bond donors (Lipinski definition) is 2. The molecule has 1 aromatic carbocycles. The summed E-state index contributed by atoms with van der Waals surface area (Å²) in [4.78, 5) is 37.2. The van der Waals surface area contributed by atoms with Crippen molar-refractivity contribution in [1.29, 1.82) is 0 Å². The van der Waals surface area contributed by atoms with Crippen molar-refractivity contribution in [2.24, 2.45) is 11.8 Å². The third-order valence-corrected chi connectivity index (χ3v) is 5.03. The molecule has 0 aromatic heterocycles. The molecule has 2 N–H and O–H groups in total. The van der Waals surface area contributed by atoms with Crippen LogP contribution in [0.3, 0.4) is 0 Å². The fourth-order valence-electron chi connectivity index (χ4n) is 3.39. The van der Waals surface area contributed by atoms with E-state index in [4.69, 9.17) is 0 Å². The predicted molar refractivity (Wildman–Crippen MR) is 91.9 cm³/mol. The lowest BCUT2D eigenvalue weighted by Gasteiger charge is -2.16. The molecule has 1 aliphatic heterocycles. The lowest BCUT2D eigenvalue weighted by Crippen LogP contribution is -2.31. The first-order chi connectivity index (χ1) is 12.1. The third-order valence-electron chi connectivity index (χ3n) is 5.03. The average molecular weight is 344 g/mol. The Morgan fingerprint density at radius 3 is 2.48 bits per heavy atom. The van der Waals surface area contributed by atoms with E-state index in [1.54, 1.807) is 4.90 Å². The fraction of sp³-hybridized carbons (Fsp3) is 0.526. The van der Waals surface area contributed by atoms with E-state index in [0.717, 1.165) is 18.4 Å². The molecule has 1 heterocycles. The number of benzene rings is 1. The molecule has 0 bridgehead atoms. The number of carboxylic acid groups (broad SMARTS) is 1. The predicted octanol–water partition coefficient (Wildman–Crippen LogP) is 1.62. The van der Waals surface area contributed by atoms with Gasteiger partial charge in [0.1, 0.15) is 0 Å². The number of carbonyl (C=O) groups excluding carboxylic acids is 2. The summed E-state index contributed by atoms with van der Waals surface area (Å²) in [5, 5.41) is 12.3. The number of carboxylic acids is 1. The zero-order valence-corrected chi connectivity index (χ0v) is 14.2. The summed E-state index contributed by atoms with van der Waals surface area (Å²) in [5.74, 6) is -1.37. The van der Waals surface area contributed by atoms with Crippen molar-refractivity contribution in [3.8, 4) is 0 Å². The van der Waals surface area contributed by atoms with Crippen LogP contribution in [0.15, 0.2) is 30.3 Å². The van der Waals surface area contributed by atoms with E-state index >= 15 is 0 Å². The van der Waals surface area contributed by atoms with Gasteiger partial charge in [0.25, 0.3) is 0 Å². The van der Waals surface area contributed by atoms with Crippen LogP contribution in [0.5, 0.6) is 0 Å². The summed E-state index contributed by atoms with van der Waals surface area (Å²) < 4.78 is 0. The first kappa shape index (κ1) is 17.5. The van der Waals surface area contributed by atoms with Crippen molar-refractivity contribution in [1.82, 2.24) is 10.2 Å². The molecule has 25 heavy (non-hydrogen) atoms. The van der Waals surface area contributed by atoms with Gasteiger partial charge in [-0.15, -0.1) is 0 Å². The number of rotatable bonds is 7. The Hall–Kier alpha value is -2.37. The Labute approximate surface area is 147 Å². The molecule has 1 aliphatic carbocycles. The summed E-state index contributed by atoms with van der Waals surface area (Å²) in [7, 11) is 0. The van der Waals surface area contributed by atoms with Gasteiger partial charge in [0.05, 0.1) is 5.92 Å². The highest BCUT2D eigenvalue weighted by Crippen LogP contribution is 2.33. The first-order valence-corrected chi connectivity index (χ1v) is 8.89. The monoisotopic (exact) mass is 344 g/mol. The van der Waals surface area contributed by atoms with Gasteiger partial charge in [-0.2, -0.15) is 0 Å². The summed E-state index contributed by atoms with van der Waals surface area (Å²) in [6, 6.07) is 9.51. The quantitative estimate of drug-likeness (QED) is 0.736. The maximum absolute atomic E-state index is 12.4. The number of nitrogens with one attached hydrogen (secondary N) is 1. The summed E-state index contributed by atoms with van der Waals surface area (Å²) >= 11 is 0. The van der Waals surface area contributed by atoms with Crippen LogP contribution < -0.4 is 5.32 Å². The van der Waals surface area contributed by atoms with Crippen molar-refractivity contribution in [3.05, 3.63) is 35.9 Å². The number of nitrogens with zero attached hydrogens (tertiary/aromatic N) is 1. The van der Waals surface area contributed by atoms with E-state index in [9.17, 15) is 19.5 Å². The molecular weight excluding hydrogens is 320 g/mol. The molecular formula is C19H24N2O4. The molecule has 3 rings (SSSR count). The summed E-state index contributed by atoms with van der Waals surface area (Å²) in [5.41, 5.74) is 0.960. The lowest BCUT2D eigenvalue weighted by molar-refractivity contribution is -0.142. The molecule has 1 saturated carbocycles. The molecule has 0 radical (unpaired) electrons. The van der Waals surface area contributed by atoms with Crippen LogP contribution >= 0.6 is 0 Å². The van der Waals surface area contributed by atoms with Crippen molar-refractivity contribution >= 4 is 17.8 Å². The fourth-order valence-corrected chi connectivity index (χ4v) is 3.39. The summed E-state index contributed by atoms with van der Waals surface area (Å²) in [6.45, 7) is 1.19. The Balaban J connectivity index is 1.50. The normalized spacial score (nSPS) is 22.6. The van der Waals surface area contributed by atoms with Crippen LogP contribution in [0.1, 0.15) is 37.2 Å². The van der Waals surface area contributed by atoms with Crippen LogP contribution in [-0.4, -0.2) is 47.4 Å². The highest BCUT2D eigenvalue weighted by atomic mass is 16.4. The standard InChI is InChI=1S/C19H24N2O4/c22-17(7-4-10-20-18(23)14-8-9-14)21-11-15(16(12-21)19(24)25)13-5-2-1-3-6-13/h1-3,5-6,14-16H,4,7-12H2,(H,20,23)(H,24,25)/t15-,16-/m1/s1. The van der Waals surface area contributed by atoms with Crippen LogP contribution in [0.2, 0.25) is 0 Å². The molecule has 6 heteroatoms. The minimum absolute atomic E-state index is 0.0367. The molecule has 134 valence electrons. The maximum Gasteiger partial charge on any atom is 0.308 e. The van der Waals surface area contributed by atoms with Crippen LogP contribution in [0.4, 0.5) is 0 Å². The second-order valence-corrected chi connectivity index (χ2v) is 6.93. The van der Waals surface area contributed by atoms with E-state index in [1.807, 2.05) is 30.3 Å². The first-order valence-electron chi connectivity index (χ1n) is 8.89. The Morgan fingerprint density at radius 1 is 1.12 bits per heavy atom. The van der Waals surface area contributed by atoms with E-state index in [1.165, 1.54) is 0 Å². The lowest BCUT2D eigenvalue weighted by atomic mass is 9.89. The Morgan fingerprint density at radius 2 is 1.84 bits per heavy atom. The molecule has 2 fully saturated rings. The van der Waals surface area contributed by atoms with E-state index in [2.05, 4.69) is 5.32 Å². The highest BCUT2D eigenvalue weighted by molar-refractivity contribution is 5.81. The molecule has 2 aliphatic rings. The van der Waals surface area contributed by atoms with Crippen LogP contribution in [0, 0.1) is 11.8 Å². The zero-order valence-electron chi connectivity index (χ0n) is 14.2. The molecule has 1 aromatic rings.